The van der Waals surface area contributed by atoms with Crippen LogP contribution in [0, 0.1) is 13.8 Å². The topological polar surface area (TPSA) is 68.8 Å². The van der Waals surface area contributed by atoms with E-state index < -0.39 is 0 Å². The van der Waals surface area contributed by atoms with E-state index in [0.29, 0.717) is 0 Å². The smallest absolute Gasteiger partial charge is 0.135 e. The molecule has 0 fully saturated rings. The fraction of sp³-hybridized carbons (Fsp3) is 0.182. The molecule has 0 radical (unpaired) electrons. The Bertz CT molecular complexity index is 1100. The average Bonchev–Trinajstić information content (AvgIpc) is 3.07. The van der Waals surface area contributed by atoms with Crippen molar-refractivity contribution in [2.45, 2.75) is 19.9 Å². The van der Waals surface area contributed by atoms with E-state index in [-0.39, 0.29) is 6.04 Å². The maximum Gasteiger partial charge on any atom is 0.135 e. The van der Waals surface area contributed by atoms with E-state index in [1.54, 1.807) is 0 Å². The lowest BCUT2D eigenvalue weighted by Gasteiger charge is -2.21. The minimum Gasteiger partial charge on any atom is -0.398 e. The monoisotopic (exact) mass is 357 g/mol. The third kappa shape index (κ3) is 3.12. The number of nitrogens with zero attached hydrogens (tertiary/aromatic N) is 3. The van der Waals surface area contributed by atoms with Crippen LogP contribution in [-0.2, 0) is 7.05 Å². The molecule has 0 amide bonds. The number of rotatable bonds is 4. The van der Waals surface area contributed by atoms with Gasteiger partial charge in [-0.05, 0) is 31.0 Å². The van der Waals surface area contributed by atoms with Gasteiger partial charge in [0.25, 0.3) is 0 Å². The number of benzene rings is 2. The molecule has 5 heteroatoms. The van der Waals surface area contributed by atoms with Crippen LogP contribution in [0.4, 0.5) is 11.5 Å². The van der Waals surface area contributed by atoms with Gasteiger partial charge in [0.2, 0.25) is 0 Å². The molecule has 1 unspecified atom stereocenters. The molecule has 2 aromatic carbocycles. The maximum atomic E-state index is 6.23. The number of pyridine rings is 1. The standard InChI is InChI=1S/C22H23N5/c1-14-6-4-7-16(12-14)20(22-24-10-11-27(22)3)26-21-17-8-5-9-18(23)19(17)15(2)13-25-21/h4-13,20H,23H2,1-3H3,(H,25,26). The SMILES string of the molecule is Cc1cccc(C(Nc2ncc(C)c3c(N)cccc23)c2nccn2C)c1. The number of aryl methyl sites for hydroxylation is 3. The Kier molecular flexibility index (Phi) is 4.28. The number of nitrogen functional groups attached to an aromatic ring is 1. The van der Waals surface area contributed by atoms with Crippen LogP contribution in [0.3, 0.4) is 0 Å². The van der Waals surface area contributed by atoms with Gasteiger partial charge in [-0.15, -0.1) is 0 Å². The lowest BCUT2D eigenvalue weighted by Crippen LogP contribution is -2.18. The molecule has 5 nitrogen and oxygen atoms in total. The van der Waals surface area contributed by atoms with Crippen molar-refractivity contribution >= 4 is 22.3 Å². The summed E-state index contributed by atoms with van der Waals surface area (Å²) in [6, 6.07) is 14.3. The number of nitrogens with one attached hydrogen (secondary N) is 1. The van der Waals surface area contributed by atoms with Crippen LogP contribution in [0.25, 0.3) is 10.8 Å². The van der Waals surface area contributed by atoms with Gasteiger partial charge < -0.3 is 15.6 Å². The van der Waals surface area contributed by atoms with Gasteiger partial charge in [0.1, 0.15) is 17.7 Å². The molecule has 27 heavy (non-hydrogen) atoms. The normalized spacial score (nSPS) is 12.3. The highest BCUT2D eigenvalue weighted by Crippen LogP contribution is 2.32. The zero-order valence-corrected chi connectivity index (χ0v) is 15.8. The highest BCUT2D eigenvalue weighted by molar-refractivity contribution is 6.01. The lowest BCUT2D eigenvalue weighted by atomic mass is 10.0. The van der Waals surface area contributed by atoms with Crippen LogP contribution in [0.15, 0.2) is 61.1 Å². The molecule has 0 aliphatic carbocycles. The summed E-state index contributed by atoms with van der Waals surface area (Å²) in [4.78, 5) is 9.25. The molecule has 0 saturated heterocycles. The molecule has 0 aliphatic rings. The lowest BCUT2D eigenvalue weighted by molar-refractivity contribution is 0.746. The number of fused-ring (bicyclic) bond motifs is 1. The van der Waals surface area contributed by atoms with Crippen molar-refractivity contribution in [1.29, 1.82) is 0 Å². The molecular weight excluding hydrogens is 334 g/mol. The number of aromatic nitrogens is 3. The van der Waals surface area contributed by atoms with Gasteiger partial charge in [0.15, 0.2) is 0 Å². The van der Waals surface area contributed by atoms with E-state index in [9.17, 15) is 0 Å². The fourth-order valence-corrected chi connectivity index (χ4v) is 3.56. The van der Waals surface area contributed by atoms with Gasteiger partial charge in [-0.25, -0.2) is 9.97 Å². The highest BCUT2D eigenvalue weighted by atomic mass is 15.1. The van der Waals surface area contributed by atoms with Gasteiger partial charge in [-0.2, -0.15) is 0 Å². The molecule has 0 saturated carbocycles. The molecule has 3 N–H and O–H groups in total. The number of nitrogens with two attached hydrogens (primary N) is 1. The third-order valence-electron chi connectivity index (χ3n) is 4.91. The molecule has 2 aromatic heterocycles. The Morgan fingerprint density at radius 2 is 1.89 bits per heavy atom. The van der Waals surface area contributed by atoms with Crippen molar-refractivity contribution in [3.8, 4) is 0 Å². The minimum absolute atomic E-state index is 0.121. The summed E-state index contributed by atoms with van der Waals surface area (Å²) in [7, 11) is 2.01. The molecule has 4 rings (SSSR count). The van der Waals surface area contributed by atoms with E-state index in [2.05, 4.69) is 52.5 Å². The molecule has 0 spiro atoms. The molecule has 4 aromatic rings. The van der Waals surface area contributed by atoms with Crippen LogP contribution in [0.1, 0.15) is 28.6 Å². The zero-order chi connectivity index (χ0) is 19.0. The Labute approximate surface area is 158 Å². The van der Waals surface area contributed by atoms with Gasteiger partial charge >= 0.3 is 0 Å². The number of hydrogen-bond donors (Lipinski definition) is 2. The predicted octanol–water partition coefficient (Wildman–Crippen LogP) is 4.37. The van der Waals surface area contributed by atoms with E-state index in [1.165, 1.54) is 5.56 Å². The Morgan fingerprint density at radius 3 is 2.63 bits per heavy atom. The molecular formula is C22H23N5. The van der Waals surface area contributed by atoms with Gasteiger partial charge in [0.05, 0.1) is 0 Å². The Morgan fingerprint density at radius 1 is 1.07 bits per heavy atom. The molecule has 0 bridgehead atoms. The van der Waals surface area contributed by atoms with Crippen LogP contribution < -0.4 is 11.1 Å². The second-order valence-electron chi connectivity index (χ2n) is 6.95. The van der Waals surface area contributed by atoms with Gasteiger partial charge in [0, 0.05) is 42.1 Å². The summed E-state index contributed by atoms with van der Waals surface area (Å²) >= 11 is 0. The summed E-state index contributed by atoms with van der Waals surface area (Å²) < 4.78 is 2.03. The average molecular weight is 357 g/mol. The minimum atomic E-state index is -0.121. The van der Waals surface area contributed by atoms with Gasteiger partial charge in [-0.1, -0.05) is 42.0 Å². The van der Waals surface area contributed by atoms with Crippen molar-refractivity contribution in [1.82, 2.24) is 14.5 Å². The van der Waals surface area contributed by atoms with Crippen molar-refractivity contribution in [3.63, 3.8) is 0 Å². The summed E-state index contributed by atoms with van der Waals surface area (Å²) in [6.07, 6.45) is 5.64. The van der Waals surface area contributed by atoms with Crippen LogP contribution >= 0.6 is 0 Å². The second-order valence-corrected chi connectivity index (χ2v) is 6.95. The first-order valence-corrected chi connectivity index (χ1v) is 8.98. The van der Waals surface area contributed by atoms with Gasteiger partial charge in [-0.3, -0.25) is 0 Å². The summed E-state index contributed by atoms with van der Waals surface area (Å²) in [5.74, 6) is 1.73. The quantitative estimate of drug-likeness (QED) is 0.532. The second kappa shape index (κ2) is 6.76. The van der Waals surface area contributed by atoms with E-state index >= 15 is 0 Å². The number of hydrogen-bond acceptors (Lipinski definition) is 4. The molecule has 136 valence electrons. The van der Waals surface area contributed by atoms with Crippen LogP contribution in [0.2, 0.25) is 0 Å². The van der Waals surface area contributed by atoms with Crippen molar-refractivity contribution < 1.29 is 0 Å². The maximum absolute atomic E-state index is 6.23. The molecule has 1 atom stereocenters. The zero-order valence-electron chi connectivity index (χ0n) is 15.8. The Balaban J connectivity index is 1.86. The third-order valence-corrected chi connectivity index (χ3v) is 4.91. The summed E-state index contributed by atoms with van der Waals surface area (Å²) in [5.41, 5.74) is 10.4. The van der Waals surface area contributed by atoms with E-state index in [4.69, 9.17) is 5.73 Å². The first kappa shape index (κ1) is 17.1. The first-order valence-electron chi connectivity index (χ1n) is 8.98. The van der Waals surface area contributed by atoms with E-state index in [0.717, 1.165) is 39.2 Å². The van der Waals surface area contributed by atoms with Crippen LogP contribution in [-0.4, -0.2) is 14.5 Å². The highest BCUT2D eigenvalue weighted by Gasteiger charge is 2.20. The van der Waals surface area contributed by atoms with Crippen LogP contribution in [0.5, 0.6) is 0 Å². The number of anilines is 2. The summed E-state index contributed by atoms with van der Waals surface area (Å²) in [6.45, 7) is 4.13. The fourth-order valence-electron chi connectivity index (χ4n) is 3.56. The predicted molar refractivity (Wildman–Crippen MR) is 111 cm³/mol. The summed E-state index contributed by atoms with van der Waals surface area (Å²) in [5, 5.41) is 5.67. The first-order chi connectivity index (χ1) is 13.0. The Hall–Kier alpha value is -3.34. The van der Waals surface area contributed by atoms with E-state index in [1.807, 2.05) is 49.3 Å². The van der Waals surface area contributed by atoms with Crippen molar-refractivity contribution in [2.24, 2.45) is 7.05 Å². The van der Waals surface area contributed by atoms with Crippen molar-refractivity contribution in [2.75, 3.05) is 11.1 Å². The molecule has 2 heterocycles. The number of imidazole rings is 1. The van der Waals surface area contributed by atoms with Crippen molar-refractivity contribution in [3.05, 3.63) is 83.6 Å². The largest absolute Gasteiger partial charge is 0.398 e. The molecule has 0 aliphatic heterocycles.